The van der Waals surface area contributed by atoms with Gasteiger partial charge in [-0.05, 0) is 64.5 Å². The van der Waals surface area contributed by atoms with Crippen molar-refractivity contribution in [3.05, 3.63) is 29.8 Å². The van der Waals surface area contributed by atoms with Gasteiger partial charge in [0.2, 0.25) is 0 Å². The normalized spacial score (nSPS) is 25.6. The molecule has 2 saturated heterocycles. The zero-order valence-electron chi connectivity index (χ0n) is 17.1. The number of benzene rings is 1. The number of hydrogen-bond acceptors (Lipinski definition) is 4. The van der Waals surface area contributed by atoms with Crippen LogP contribution in [0.2, 0.25) is 0 Å². The lowest BCUT2D eigenvalue weighted by Gasteiger charge is -2.33. The van der Waals surface area contributed by atoms with Crippen molar-refractivity contribution in [2.24, 2.45) is 0 Å². The summed E-state index contributed by atoms with van der Waals surface area (Å²) < 4.78 is 18.6. The number of hydrogen-bond donors (Lipinski definition) is 0. The van der Waals surface area contributed by atoms with Gasteiger partial charge >= 0.3 is 7.12 Å². The first-order chi connectivity index (χ1) is 12.3. The van der Waals surface area contributed by atoms with E-state index in [2.05, 4.69) is 63.8 Å². The van der Waals surface area contributed by atoms with Crippen LogP contribution in [-0.4, -0.2) is 49.0 Å². The Labute approximate surface area is 159 Å². The summed E-state index contributed by atoms with van der Waals surface area (Å²) in [5, 5.41) is 0. The van der Waals surface area contributed by atoms with Gasteiger partial charge in [-0.25, -0.2) is 0 Å². The molecule has 0 spiro atoms. The van der Waals surface area contributed by atoms with Crippen molar-refractivity contribution >= 4 is 12.6 Å². The van der Waals surface area contributed by atoms with Crippen molar-refractivity contribution in [1.29, 1.82) is 0 Å². The Morgan fingerprint density at radius 1 is 1.15 bits per heavy atom. The van der Waals surface area contributed by atoms with E-state index in [4.69, 9.17) is 14.0 Å². The Hall–Kier alpha value is -0.875. The molecular formula is C21H34BNO3. The Morgan fingerprint density at radius 3 is 2.54 bits per heavy atom. The molecule has 3 rings (SSSR count). The van der Waals surface area contributed by atoms with E-state index < -0.39 is 0 Å². The van der Waals surface area contributed by atoms with Crippen LogP contribution < -0.4 is 5.46 Å². The molecule has 2 heterocycles. The largest absolute Gasteiger partial charge is 0.495 e. The smallest absolute Gasteiger partial charge is 0.399 e. The highest BCUT2D eigenvalue weighted by Crippen LogP contribution is 2.36. The van der Waals surface area contributed by atoms with Crippen molar-refractivity contribution in [2.45, 2.75) is 77.7 Å². The molecule has 0 aromatic heterocycles. The molecule has 2 aliphatic rings. The number of piperidine rings is 1. The molecule has 144 valence electrons. The standard InChI is InChI=1S/C21H34BNO3/c1-6-14-24-18-11-9-13-23(16-18)15-17-10-7-8-12-19(17)22-25-20(2,3)21(4,5)26-22/h7-8,10,12,18H,6,9,11,13-16H2,1-5H3. The van der Waals surface area contributed by atoms with E-state index in [0.717, 1.165) is 38.1 Å². The number of likely N-dealkylation sites (tertiary alicyclic amines) is 1. The Balaban J connectivity index is 1.70. The minimum atomic E-state index is -0.311. The zero-order valence-corrected chi connectivity index (χ0v) is 17.1. The minimum Gasteiger partial charge on any atom is -0.399 e. The molecule has 0 bridgehead atoms. The van der Waals surface area contributed by atoms with Gasteiger partial charge in [-0.2, -0.15) is 0 Å². The van der Waals surface area contributed by atoms with Gasteiger partial charge in [0.25, 0.3) is 0 Å². The first-order valence-electron chi connectivity index (χ1n) is 10.1. The average Bonchev–Trinajstić information content (AvgIpc) is 2.81. The molecule has 5 heteroatoms. The second-order valence-corrected chi connectivity index (χ2v) is 8.66. The van der Waals surface area contributed by atoms with E-state index in [1.165, 1.54) is 18.4 Å². The summed E-state index contributed by atoms with van der Waals surface area (Å²) in [4.78, 5) is 2.51. The molecule has 0 radical (unpaired) electrons. The molecule has 1 aromatic rings. The second-order valence-electron chi connectivity index (χ2n) is 8.66. The monoisotopic (exact) mass is 359 g/mol. The van der Waals surface area contributed by atoms with Crippen molar-refractivity contribution < 1.29 is 14.0 Å². The third-order valence-electron chi connectivity index (χ3n) is 5.98. The van der Waals surface area contributed by atoms with E-state index in [-0.39, 0.29) is 18.3 Å². The average molecular weight is 359 g/mol. The molecule has 1 atom stereocenters. The van der Waals surface area contributed by atoms with E-state index in [0.29, 0.717) is 6.10 Å². The van der Waals surface area contributed by atoms with Crippen molar-refractivity contribution in [2.75, 3.05) is 19.7 Å². The Morgan fingerprint density at radius 2 is 1.85 bits per heavy atom. The molecule has 0 amide bonds. The third-order valence-corrected chi connectivity index (χ3v) is 5.98. The highest BCUT2D eigenvalue weighted by Gasteiger charge is 2.52. The summed E-state index contributed by atoms with van der Waals surface area (Å²) in [6.07, 6.45) is 3.83. The maximum Gasteiger partial charge on any atom is 0.495 e. The summed E-state index contributed by atoms with van der Waals surface area (Å²) in [6, 6.07) is 8.54. The number of rotatable bonds is 6. The molecule has 0 saturated carbocycles. The summed E-state index contributed by atoms with van der Waals surface area (Å²) in [7, 11) is -0.298. The van der Waals surface area contributed by atoms with E-state index >= 15 is 0 Å². The molecule has 26 heavy (non-hydrogen) atoms. The topological polar surface area (TPSA) is 30.9 Å². The van der Waals surface area contributed by atoms with Gasteiger partial charge in [-0.1, -0.05) is 31.2 Å². The molecule has 1 unspecified atom stereocenters. The van der Waals surface area contributed by atoms with Gasteiger partial charge in [0.05, 0.1) is 17.3 Å². The predicted molar refractivity (Wildman–Crippen MR) is 107 cm³/mol. The fraction of sp³-hybridized carbons (Fsp3) is 0.714. The molecule has 0 N–H and O–H groups in total. The third kappa shape index (κ3) is 4.33. The fourth-order valence-electron chi connectivity index (χ4n) is 3.70. The quantitative estimate of drug-likeness (QED) is 0.729. The summed E-state index contributed by atoms with van der Waals surface area (Å²) in [5.41, 5.74) is 1.83. The Kier molecular flexibility index (Phi) is 6.13. The molecular weight excluding hydrogens is 325 g/mol. The van der Waals surface area contributed by atoms with Gasteiger partial charge in [-0.15, -0.1) is 0 Å². The summed E-state index contributed by atoms with van der Waals surface area (Å²) >= 11 is 0. The van der Waals surface area contributed by atoms with Gasteiger partial charge < -0.3 is 14.0 Å². The first-order valence-corrected chi connectivity index (χ1v) is 10.1. The van der Waals surface area contributed by atoms with Gasteiger partial charge in [-0.3, -0.25) is 4.90 Å². The first kappa shape index (κ1) is 19.9. The highest BCUT2D eigenvalue weighted by molar-refractivity contribution is 6.62. The van der Waals surface area contributed by atoms with Gasteiger partial charge in [0.1, 0.15) is 0 Å². The number of nitrogens with zero attached hydrogens (tertiary/aromatic N) is 1. The Bertz CT molecular complexity index is 589. The van der Waals surface area contributed by atoms with Crippen LogP contribution in [-0.2, 0) is 20.6 Å². The van der Waals surface area contributed by atoms with Crippen LogP contribution in [0.3, 0.4) is 0 Å². The van der Waals surface area contributed by atoms with Crippen LogP contribution in [0.4, 0.5) is 0 Å². The van der Waals surface area contributed by atoms with Crippen LogP contribution in [0.25, 0.3) is 0 Å². The van der Waals surface area contributed by atoms with Gasteiger partial charge in [0.15, 0.2) is 0 Å². The van der Waals surface area contributed by atoms with E-state index in [1.807, 2.05) is 0 Å². The van der Waals surface area contributed by atoms with Crippen molar-refractivity contribution in [1.82, 2.24) is 4.90 Å². The lowest BCUT2D eigenvalue weighted by molar-refractivity contribution is -0.00217. The van der Waals surface area contributed by atoms with E-state index in [1.54, 1.807) is 0 Å². The van der Waals surface area contributed by atoms with Crippen LogP contribution >= 0.6 is 0 Å². The second kappa shape index (κ2) is 8.01. The lowest BCUT2D eigenvalue weighted by Crippen LogP contribution is -2.42. The van der Waals surface area contributed by atoms with Gasteiger partial charge in [0, 0.05) is 19.7 Å². The molecule has 1 aromatic carbocycles. The molecule has 2 fully saturated rings. The summed E-state index contributed by atoms with van der Waals surface area (Å²) in [5.74, 6) is 0. The highest BCUT2D eigenvalue weighted by atomic mass is 16.7. The predicted octanol–water partition coefficient (Wildman–Crippen LogP) is 3.38. The maximum atomic E-state index is 6.29. The summed E-state index contributed by atoms with van der Waals surface area (Å²) in [6.45, 7) is 14.5. The molecule has 4 nitrogen and oxygen atoms in total. The number of ether oxygens (including phenoxy) is 1. The van der Waals surface area contributed by atoms with Crippen LogP contribution in [0.15, 0.2) is 24.3 Å². The van der Waals surface area contributed by atoms with Crippen molar-refractivity contribution in [3.8, 4) is 0 Å². The maximum absolute atomic E-state index is 6.29. The zero-order chi connectivity index (χ0) is 18.8. The SMILES string of the molecule is CCCOC1CCCN(Cc2ccccc2B2OC(C)(C)C(C)(C)O2)C1. The molecule has 2 aliphatic heterocycles. The van der Waals surface area contributed by atoms with Crippen LogP contribution in [0, 0.1) is 0 Å². The fourth-order valence-corrected chi connectivity index (χ4v) is 3.70. The minimum absolute atomic E-state index is 0.298. The molecule has 0 aliphatic carbocycles. The van der Waals surface area contributed by atoms with Crippen molar-refractivity contribution in [3.63, 3.8) is 0 Å². The van der Waals surface area contributed by atoms with Crippen LogP contribution in [0.5, 0.6) is 0 Å². The van der Waals surface area contributed by atoms with Crippen LogP contribution in [0.1, 0.15) is 59.4 Å². The lowest BCUT2D eigenvalue weighted by atomic mass is 9.75. The van der Waals surface area contributed by atoms with E-state index in [9.17, 15) is 0 Å².